The number of hydrogen-bond acceptors (Lipinski definition) is 4. The molecule has 7 heteroatoms. The summed E-state index contributed by atoms with van der Waals surface area (Å²) in [7, 11) is 1.75. The highest BCUT2D eigenvalue weighted by molar-refractivity contribution is 5.80. The van der Waals surface area contributed by atoms with Gasteiger partial charge in [0.15, 0.2) is 5.96 Å². The number of nitro benzene ring substituents is 1. The van der Waals surface area contributed by atoms with Crippen LogP contribution in [0, 0.1) is 10.1 Å². The fraction of sp³-hybridized carbons (Fsp3) is 0.409. The topological polar surface area (TPSA) is 82.8 Å². The molecule has 3 rings (SSSR count). The predicted octanol–water partition coefficient (Wildman–Crippen LogP) is 3.49. The fourth-order valence-electron chi connectivity index (χ4n) is 3.73. The Hall–Kier alpha value is -2.93. The fourth-order valence-corrected chi connectivity index (χ4v) is 3.73. The second-order valence-electron chi connectivity index (χ2n) is 7.39. The lowest BCUT2D eigenvalue weighted by Gasteiger charge is -2.37. The molecule has 1 saturated heterocycles. The molecule has 0 bridgehead atoms. The molecule has 1 heterocycles. The predicted molar refractivity (Wildman–Crippen MR) is 116 cm³/mol. The zero-order valence-corrected chi connectivity index (χ0v) is 17.0. The van der Waals surface area contributed by atoms with Crippen LogP contribution in [0.25, 0.3) is 0 Å². The number of nitro groups is 1. The number of aliphatic imine (C=N–C) groups is 1. The minimum absolute atomic E-state index is 0.104. The smallest absolute Gasteiger partial charge is 0.269 e. The summed E-state index contributed by atoms with van der Waals surface area (Å²) in [5.41, 5.74) is 2.31. The highest BCUT2D eigenvalue weighted by Crippen LogP contribution is 2.24. The van der Waals surface area contributed by atoms with Crippen molar-refractivity contribution in [3.8, 4) is 0 Å². The molecule has 0 radical (unpaired) electrons. The first-order chi connectivity index (χ1) is 14.1. The molecule has 2 aromatic rings. The zero-order chi connectivity index (χ0) is 20.6. The van der Waals surface area contributed by atoms with Crippen molar-refractivity contribution in [2.75, 3.05) is 20.1 Å². The molecule has 1 fully saturated rings. The number of hydrogen-bond donors (Lipinski definition) is 2. The van der Waals surface area contributed by atoms with E-state index < -0.39 is 0 Å². The van der Waals surface area contributed by atoms with E-state index in [0.29, 0.717) is 18.6 Å². The molecule has 0 saturated carbocycles. The van der Waals surface area contributed by atoms with Crippen LogP contribution in [0.5, 0.6) is 0 Å². The highest BCUT2D eigenvalue weighted by Gasteiger charge is 2.24. The van der Waals surface area contributed by atoms with E-state index in [1.807, 2.05) is 6.07 Å². The van der Waals surface area contributed by atoms with E-state index in [0.717, 1.165) is 37.5 Å². The number of nitrogens with zero attached hydrogens (tertiary/aromatic N) is 3. The van der Waals surface area contributed by atoms with Crippen molar-refractivity contribution in [3.63, 3.8) is 0 Å². The van der Waals surface area contributed by atoms with Gasteiger partial charge in [0.1, 0.15) is 0 Å². The van der Waals surface area contributed by atoms with Gasteiger partial charge in [-0.05, 0) is 30.9 Å². The minimum Gasteiger partial charge on any atom is -0.354 e. The van der Waals surface area contributed by atoms with Gasteiger partial charge in [0.2, 0.25) is 0 Å². The van der Waals surface area contributed by atoms with Gasteiger partial charge in [0.25, 0.3) is 5.69 Å². The first kappa shape index (κ1) is 20.8. The molecule has 0 amide bonds. The van der Waals surface area contributed by atoms with Crippen molar-refractivity contribution in [1.29, 1.82) is 0 Å². The van der Waals surface area contributed by atoms with E-state index in [2.05, 4.69) is 57.8 Å². The molecular weight excluding hydrogens is 366 g/mol. The summed E-state index contributed by atoms with van der Waals surface area (Å²) in [6, 6.07) is 18.1. The molecule has 2 N–H and O–H groups in total. The maximum absolute atomic E-state index is 10.9. The van der Waals surface area contributed by atoms with Gasteiger partial charge in [-0.25, -0.2) is 0 Å². The third-order valence-corrected chi connectivity index (χ3v) is 5.51. The normalized spacial score (nSPS) is 17.0. The lowest BCUT2D eigenvalue weighted by molar-refractivity contribution is -0.384. The van der Waals surface area contributed by atoms with Crippen LogP contribution in [0.4, 0.5) is 5.69 Å². The number of likely N-dealkylation sites (tertiary alicyclic amines) is 1. The van der Waals surface area contributed by atoms with Crippen LogP contribution in [0.3, 0.4) is 0 Å². The molecule has 1 unspecified atom stereocenters. The van der Waals surface area contributed by atoms with E-state index in [4.69, 9.17) is 0 Å². The van der Waals surface area contributed by atoms with Crippen LogP contribution in [-0.2, 0) is 6.54 Å². The SMILES string of the molecule is CN=C(NCc1cccc([N+](=O)[O-])c1)NC1CCN(C(C)c2ccccc2)CC1. The molecule has 0 spiro atoms. The number of guanidine groups is 1. The van der Waals surface area contributed by atoms with E-state index in [1.165, 1.54) is 11.6 Å². The van der Waals surface area contributed by atoms with Gasteiger partial charge in [0, 0.05) is 50.9 Å². The van der Waals surface area contributed by atoms with E-state index in [9.17, 15) is 10.1 Å². The summed E-state index contributed by atoms with van der Waals surface area (Å²) in [6.07, 6.45) is 2.10. The third-order valence-electron chi connectivity index (χ3n) is 5.51. The average Bonchev–Trinajstić information content (AvgIpc) is 2.77. The van der Waals surface area contributed by atoms with Crippen LogP contribution in [-0.4, -0.2) is 42.0 Å². The molecule has 0 aliphatic carbocycles. The standard InChI is InChI=1S/C22H29N5O2/c1-17(19-8-4-3-5-9-19)26-13-11-20(12-14-26)25-22(23-2)24-16-18-7-6-10-21(15-18)27(28)29/h3-10,15,17,20H,11-14,16H2,1-2H3,(H2,23,24,25). The first-order valence-electron chi connectivity index (χ1n) is 10.1. The molecule has 1 atom stereocenters. The van der Waals surface area contributed by atoms with Crippen LogP contribution < -0.4 is 10.6 Å². The van der Waals surface area contributed by atoms with Crippen LogP contribution in [0.2, 0.25) is 0 Å². The zero-order valence-electron chi connectivity index (χ0n) is 17.0. The van der Waals surface area contributed by atoms with Crippen molar-refractivity contribution in [1.82, 2.24) is 15.5 Å². The van der Waals surface area contributed by atoms with Gasteiger partial charge in [0.05, 0.1) is 4.92 Å². The average molecular weight is 396 g/mol. The summed E-state index contributed by atoms with van der Waals surface area (Å²) in [5.74, 6) is 0.728. The summed E-state index contributed by atoms with van der Waals surface area (Å²) >= 11 is 0. The van der Waals surface area contributed by atoms with Crippen molar-refractivity contribution < 1.29 is 4.92 Å². The minimum atomic E-state index is -0.374. The molecule has 154 valence electrons. The molecule has 7 nitrogen and oxygen atoms in total. The first-order valence-corrected chi connectivity index (χ1v) is 10.1. The Morgan fingerprint density at radius 2 is 1.93 bits per heavy atom. The van der Waals surface area contributed by atoms with Crippen LogP contribution in [0.15, 0.2) is 59.6 Å². The van der Waals surface area contributed by atoms with Crippen molar-refractivity contribution >= 4 is 11.6 Å². The summed E-state index contributed by atoms with van der Waals surface area (Å²) in [4.78, 5) is 17.4. The molecule has 0 aromatic heterocycles. The number of rotatable bonds is 6. The number of nitrogens with one attached hydrogen (secondary N) is 2. The second-order valence-corrected chi connectivity index (χ2v) is 7.39. The Bertz CT molecular complexity index is 832. The number of benzene rings is 2. The molecule has 1 aliphatic rings. The van der Waals surface area contributed by atoms with Gasteiger partial charge in [-0.3, -0.25) is 20.0 Å². The lowest BCUT2D eigenvalue weighted by atomic mass is 10.0. The van der Waals surface area contributed by atoms with Gasteiger partial charge in [-0.1, -0.05) is 42.5 Å². The molecule has 29 heavy (non-hydrogen) atoms. The van der Waals surface area contributed by atoms with E-state index in [-0.39, 0.29) is 10.6 Å². The highest BCUT2D eigenvalue weighted by atomic mass is 16.6. The maximum Gasteiger partial charge on any atom is 0.269 e. The Kier molecular flexibility index (Phi) is 7.19. The monoisotopic (exact) mass is 395 g/mol. The van der Waals surface area contributed by atoms with Crippen LogP contribution >= 0.6 is 0 Å². The quantitative estimate of drug-likeness (QED) is 0.339. The number of non-ortho nitro benzene ring substituents is 1. The Balaban J connectivity index is 1.47. The van der Waals surface area contributed by atoms with Crippen molar-refractivity contribution in [2.45, 2.75) is 38.4 Å². The Labute approximate surface area is 172 Å². The maximum atomic E-state index is 10.9. The summed E-state index contributed by atoms with van der Waals surface area (Å²) in [5, 5.41) is 17.7. The largest absolute Gasteiger partial charge is 0.354 e. The van der Waals surface area contributed by atoms with Crippen molar-refractivity contribution in [3.05, 3.63) is 75.8 Å². The van der Waals surface area contributed by atoms with Gasteiger partial charge >= 0.3 is 0 Å². The van der Waals surface area contributed by atoms with Gasteiger partial charge in [-0.15, -0.1) is 0 Å². The number of piperidine rings is 1. The second kappa shape index (κ2) is 10.0. The lowest BCUT2D eigenvalue weighted by Crippen LogP contribution is -2.48. The molecule has 1 aliphatic heterocycles. The summed E-state index contributed by atoms with van der Waals surface area (Å²) < 4.78 is 0. The van der Waals surface area contributed by atoms with E-state index >= 15 is 0 Å². The van der Waals surface area contributed by atoms with E-state index in [1.54, 1.807) is 19.2 Å². The summed E-state index contributed by atoms with van der Waals surface area (Å²) in [6.45, 7) is 4.83. The molecular formula is C22H29N5O2. The van der Waals surface area contributed by atoms with Crippen LogP contribution in [0.1, 0.15) is 36.9 Å². The van der Waals surface area contributed by atoms with Crippen molar-refractivity contribution in [2.24, 2.45) is 4.99 Å². The molecule has 2 aromatic carbocycles. The Morgan fingerprint density at radius 1 is 1.21 bits per heavy atom. The Morgan fingerprint density at radius 3 is 2.59 bits per heavy atom. The van der Waals surface area contributed by atoms with Gasteiger partial charge in [-0.2, -0.15) is 0 Å². The van der Waals surface area contributed by atoms with Gasteiger partial charge < -0.3 is 10.6 Å². The third kappa shape index (κ3) is 5.77.